The lowest BCUT2D eigenvalue weighted by atomic mass is 10.1. The number of rotatable bonds is 6. The van der Waals surface area contributed by atoms with Crippen molar-refractivity contribution < 1.29 is 23.5 Å². The Morgan fingerprint density at radius 1 is 0.900 bits per heavy atom. The highest BCUT2D eigenvalue weighted by molar-refractivity contribution is 5.83. The van der Waals surface area contributed by atoms with E-state index < -0.39 is 0 Å². The molecule has 2 aromatic carbocycles. The Kier molecular flexibility index (Phi) is 5.01. The molecule has 0 fully saturated rings. The van der Waals surface area contributed by atoms with Gasteiger partial charge in [-0.1, -0.05) is 5.16 Å². The number of nitrogens with one attached hydrogen (secondary N) is 1. The quantitative estimate of drug-likeness (QED) is 0.517. The SMILES string of the molecule is COc1ccc2[nH]c(=O)c(-c3noc(-c4cc(OC)c(OC)c(OC)c4)n3)cc2c1. The molecule has 0 aliphatic heterocycles. The van der Waals surface area contributed by atoms with Gasteiger partial charge in [0.2, 0.25) is 11.6 Å². The summed E-state index contributed by atoms with van der Waals surface area (Å²) in [6.45, 7) is 0. The first kappa shape index (κ1) is 19.3. The zero-order chi connectivity index (χ0) is 21.3. The monoisotopic (exact) mass is 409 g/mol. The van der Waals surface area contributed by atoms with Gasteiger partial charge in [0.1, 0.15) is 5.75 Å². The number of aromatic amines is 1. The van der Waals surface area contributed by atoms with Crippen LogP contribution in [0.3, 0.4) is 0 Å². The number of pyridine rings is 1. The van der Waals surface area contributed by atoms with E-state index in [1.54, 1.807) is 37.4 Å². The molecule has 9 heteroatoms. The third kappa shape index (κ3) is 3.30. The van der Waals surface area contributed by atoms with Crippen LogP contribution in [-0.4, -0.2) is 43.6 Å². The summed E-state index contributed by atoms with van der Waals surface area (Å²) in [5.41, 5.74) is 1.18. The van der Waals surface area contributed by atoms with Crippen LogP contribution in [0.2, 0.25) is 0 Å². The Morgan fingerprint density at radius 2 is 1.63 bits per heavy atom. The number of aromatic nitrogens is 3. The van der Waals surface area contributed by atoms with Crippen molar-refractivity contribution in [3.63, 3.8) is 0 Å². The number of hydrogen-bond donors (Lipinski definition) is 1. The van der Waals surface area contributed by atoms with Gasteiger partial charge in [0.15, 0.2) is 11.5 Å². The second-order valence-electron chi connectivity index (χ2n) is 6.30. The lowest BCUT2D eigenvalue weighted by Gasteiger charge is -2.12. The van der Waals surface area contributed by atoms with Gasteiger partial charge in [0.05, 0.1) is 34.0 Å². The van der Waals surface area contributed by atoms with Crippen molar-refractivity contribution in [2.24, 2.45) is 0 Å². The maximum Gasteiger partial charge on any atom is 0.259 e. The summed E-state index contributed by atoms with van der Waals surface area (Å²) in [4.78, 5) is 19.8. The Hall–Kier alpha value is -4.01. The number of methoxy groups -OCH3 is 4. The molecule has 1 N–H and O–H groups in total. The van der Waals surface area contributed by atoms with Crippen molar-refractivity contribution in [2.75, 3.05) is 28.4 Å². The molecule has 4 rings (SSSR count). The molecule has 2 aromatic heterocycles. The average Bonchev–Trinajstić information content (AvgIpc) is 3.27. The highest BCUT2D eigenvalue weighted by atomic mass is 16.5. The lowest BCUT2D eigenvalue weighted by Crippen LogP contribution is -2.09. The van der Waals surface area contributed by atoms with E-state index in [0.717, 1.165) is 5.39 Å². The number of hydrogen-bond acceptors (Lipinski definition) is 8. The molecule has 9 nitrogen and oxygen atoms in total. The molecular weight excluding hydrogens is 390 g/mol. The molecule has 0 aliphatic rings. The molecule has 0 spiro atoms. The number of ether oxygens (including phenoxy) is 4. The van der Waals surface area contributed by atoms with Crippen molar-refractivity contribution in [3.8, 4) is 45.8 Å². The van der Waals surface area contributed by atoms with Gasteiger partial charge in [0, 0.05) is 16.5 Å². The topological polar surface area (TPSA) is 109 Å². The van der Waals surface area contributed by atoms with Gasteiger partial charge in [-0.15, -0.1) is 0 Å². The molecular formula is C21H19N3O6. The van der Waals surface area contributed by atoms with E-state index >= 15 is 0 Å². The first-order chi connectivity index (χ1) is 14.6. The van der Waals surface area contributed by atoms with E-state index in [0.29, 0.717) is 34.1 Å². The highest BCUT2D eigenvalue weighted by Crippen LogP contribution is 2.41. The average molecular weight is 409 g/mol. The minimum Gasteiger partial charge on any atom is -0.497 e. The molecule has 0 radical (unpaired) electrons. The Labute approximate surface area is 171 Å². The largest absolute Gasteiger partial charge is 0.497 e. The van der Waals surface area contributed by atoms with Gasteiger partial charge >= 0.3 is 0 Å². The smallest absolute Gasteiger partial charge is 0.259 e. The van der Waals surface area contributed by atoms with Gasteiger partial charge in [-0.25, -0.2) is 0 Å². The molecule has 0 saturated heterocycles. The van der Waals surface area contributed by atoms with Crippen molar-refractivity contribution >= 4 is 10.9 Å². The molecule has 0 amide bonds. The van der Waals surface area contributed by atoms with E-state index in [4.69, 9.17) is 23.5 Å². The molecule has 2 heterocycles. The summed E-state index contributed by atoms with van der Waals surface area (Å²) >= 11 is 0. The fourth-order valence-corrected chi connectivity index (χ4v) is 3.13. The first-order valence-corrected chi connectivity index (χ1v) is 8.93. The van der Waals surface area contributed by atoms with Crippen LogP contribution in [0.5, 0.6) is 23.0 Å². The summed E-state index contributed by atoms with van der Waals surface area (Å²) in [6.07, 6.45) is 0. The second-order valence-corrected chi connectivity index (χ2v) is 6.30. The fourth-order valence-electron chi connectivity index (χ4n) is 3.13. The third-order valence-electron chi connectivity index (χ3n) is 4.63. The molecule has 0 aliphatic carbocycles. The number of nitrogens with zero attached hydrogens (tertiary/aromatic N) is 2. The minimum absolute atomic E-state index is 0.157. The van der Waals surface area contributed by atoms with Crippen LogP contribution in [0, 0.1) is 0 Å². The molecule has 0 saturated carbocycles. The standard InChI is InChI=1S/C21H19N3O6/c1-26-13-5-6-15-11(7-13)8-14(20(25)22-15)19-23-21(30-24-19)12-9-16(27-2)18(29-4)17(10-12)28-3/h5-10H,1-4H3,(H,22,25). The molecule has 30 heavy (non-hydrogen) atoms. The molecule has 0 bridgehead atoms. The zero-order valence-corrected chi connectivity index (χ0v) is 16.8. The summed E-state index contributed by atoms with van der Waals surface area (Å²) in [5.74, 6) is 2.37. The fraction of sp³-hybridized carbons (Fsp3) is 0.190. The van der Waals surface area contributed by atoms with Crippen LogP contribution >= 0.6 is 0 Å². The zero-order valence-electron chi connectivity index (χ0n) is 16.8. The van der Waals surface area contributed by atoms with Crippen molar-refractivity contribution in [1.82, 2.24) is 15.1 Å². The van der Waals surface area contributed by atoms with Gasteiger partial charge in [-0.2, -0.15) is 4.98 Å². The highest BCUT2D eigenvalue weighted by Gasteiger charge is 2.19. The second kappa shape index (κ2) is 7.78. The molecule has 4 aromatic rings. The number of fused-ring (bicyclic) bond motifs is 1. The summed E-state index contributed by atoms with van der Waals surface area (Å²) < 4.78 is 26.7. The molecule has 0 atom stereocenters. The number of benzene rings is 2. The molecule has 0 unspecified atom stereocenters. The van der Waals surface area contributed by atoms with Crippen LogP contribution in [-0.2, 0) is 0 Å². The normalized spacial score (nSPS) is 10.8. The van der Waals surface area contributed by atoms with Crippen LogP contribution in [0.4, 0.5) is 0 Å². The summed E-state index contributed by atoms with van der Waals surface area (Å²) in [7, 11) is 6.13. The first-order valence-electron chi connectivity index (χ1n) is 8.93. The van der Waals surface area contributed by atoms with Crippen LogP contribution in [0.15, 0.2) is 45.7 Å². The van der Waals surface area contributed by atoms with E-state index in [9.17, 15) is 4.79 Å². The van der Waals surface area contributed by atoms with Gasteiger partial charge in [-0.05, 0) is 36.4 Å². The van der Waals surface area contributed by atoms with Crippen molar-refractivity contribution in [2.45, 2.75) is 0 Å². The van der Waals surface area contributed by atoms with Crippen molar-refractivity contribution in [3.05, 3.63) is 46.8 Å². The van der Waals surface area contributed by atoms with Crippen LogP contribution < -0.4 is 24.5 Å². The number of H-pyrrole nitrogens is 1. The minimum atomic E-state index is -0.329. The van der Waals surface area contributed by atoms with Gasteiger partial charge in [-0.3, -0.25) is 4.79 Å². The summed E-state index contributed by atoms with van der Waals surface area (Å²) in [6, 6.07) is 10.4. The predicted octanol–water partition coefficient (Wildman–Crippen LogP) is 3.28. The lowest BCUT2D eigenvalue weighted by molar-refractivity contribution is 0.324. The maximum absolute atomic E-state index is 12.6. The predicted molar refractivity (Wildman–Crippen MR) is 110 cm³/mol. The van der Waals surface area contributed by atoms with E-state index in [1.165, 1.54) is 21.3 Å². The summed E-state index contributed by atoms with van der Waals surface area (Å²) in [5, 5.41) is 4.76. The van der Waals surface area contributed by atoms with Crippen molar-refractivity contribution in [1.29, 1.82) is 0 Å². The molecule has 154 valence electrons. The third-order valence-corrected chi connectivity index (χ3v) is 4.63. The van der Waals surface area contributed by atoms with E-state index in [1.807, 2.05) is 6.07 Å². The maximum atomic E-state index is 12.6. The van der Waals surface area contributed by atoms with Crippen LogP contribution in [0.25, 0.3) is 33.7 Å². The van der Waals surface area contributed by atoms with Gasteiger partial charge in [0.25, 0.3) is 11.4 Å². The van der Waals surface area contributed by atoms with E-state index in [-0.39, 0.29) is 22.8 Å². The van der Waals surface area contributed by atoms with E-state index in [2.05, 4.69) is 15.1 Å². The Bertz CT molecular complexity index is 1250. The van der Waals surface area contributed by atoms with Gasteiger partial charge < -0.3 is 28.5 Å². The Morgan fingerprint density at radius 3 is 2.27 bits per heavy atom. The Balaban J connectivity index is 1.80. The van der Waals surface area contributed by atoms with Crippen LogP contribution in [0.1, 0.15) is 0 Å².